The lowest BCUT2D eigenvalue weighted by Gasteiger charge is -1.99. The Morgan fingerprint density at radius 1 is 1.56 bits per heavy atom. The predicted molar refractivity (Wildman–Crippen MR) is 62.6 cm³/mol. The lowest BCUT2D eigenvalue weighted by atomic mass is 10.3. The summed E-state index contributed by atoms with van der Waals surface area (Å²) in [6.07, 6.45) is 2.09. The molecule has 0 aliphatic carbocycles. The van der Waals surface area contributed by atoms with Crippen molar-refractivity contribution in [1.82, 2.24) is 10.3 Å². The van der Waals surface area contributed by atoms with Crippen LogP contribution in [0.25, 0.3) is 0 Å². The number of aromatic nitrogens is 1. The number of nitrogens with one attached hydrogen (secondary N) is 1. The normalized spacial score (nSPS) is 22.4. The number of pyridine rings is 1. The Bertz CT molecular complexity index is 408. The van der Waals surface area contributed by atoms with E-state index < -0.39 is 0 Å². The third-order valence-electron chi connectivity index (χ3n) is 2.03. The lowest BCUT2D eigenvalue weighted by Crippen LogP contribution is -2.25. The molecule has 1 aromatic rings. The SMILES string of the molecule is O=C1N/C(=N\c2ccccn2)SC1CCO. The molecule has 1 aromatic heterocycles. The first-order valence-electron chi connectivity index (χ1n) is 4.87. The van der Waals surface area contributed by atoms with Crippen molar-refractivity contribution in [3.05, 3.63) is 24.4 Å². The molecular weight excluding hydrogens is 226 g/mol. The molecule has 84 valence electrons. The molecule has 0 bridgehead atoms. The maximum Gasteiger partial charge on any atom is 0.239 e. The van der Waals surface area contributed by atoms with Crippen LogP contribution < -0.4 is 5.32 Å². The average Bonchev–Trinajstić information content (AvgIpc) is 2.61. The minimum absolute atomic E-state index is 0.00194. The van der Waals surface area contributed by atoms with Gasteiger partial charge >= 0.3 is 0 Å². The zero-order valence-corrected chi connectivity index (χ0v) is 9.28. The van der Waals surface area contributed by atoms with Crippen LogP contribution in [0.5, 0.6) is 0 Å². The van der Waals surface area contributed by atoms with E-state index in [9.17, 15) is 4.79 Å². The predicted octanol–water partition coefficient (Wildman–Crippen LogP) is 0.683. The summed E-state index contributed by atoms with van der Waals surface area (Å²) in [5.41, 5.74) is 0. The lowest BCUT2D eigenvalue weighted by molar-refractivity contribution is -0.119. The standard InChI is InChI=1S/C10H11N3O2S/c14-6-4-7-9(15)13-10(16-7)12-8-3-1-2-5-11-8/h1-3,5,7,14H,4,6H2,(H,11,12,13,15). The van der Waals surface area contributed by atoms with E-state index in [1.807, 2.05) is 6.07 Å². The molecule has 0 aromatic carbocycles. The smallest absolute Gasteiger partial charge is 0.239 e. The molecule has 0 radical (unpaired) electrons. The number of aliphatic imine (C=N–C) groups is 1. The molecule has 6 heteroatoms. The van der Waals surface area contributed by atoms with Gasteiger partial charge < -0.3 is 10.4 Å². The van der Waals surface area contributed by atoms with Gasteiger partial charge in [0.1, 0.15) is 0 Å². The van der Waals surface area contributed by atoms with Gasteiger partial charge in [-0.05, 0) is 18.6 Å². The second-order valence-electron chi connectivity index (χ2n) is 3.21. The number of nitrogens with zero attached hydrogens (tertiary/aromatic N) is 2. The summed E-state index contributed by atoms with van der Waals surface area (Å²) in [6, 6.07) is 5.40. The molecule has 1 atom stereocenters. The molecule has 0 spiro atoms. The van der Waals surface area contributed by atoms with Gasteiger partial charge in [-0.25, -0.2) is 9.98 Å². The van der Waals surface area contributed by atoms with Crippen molar-refractivity contribution >= 4 is 28.7 Å². The van der Waals surface area contributed by atoms with Gasteiger partial charge in [0.25, 0.3) is 0 Å². The number of carbonyl (C=O) groups excluding carboxylic acids is 1. The van der Waals surface area contributed by atoms with E-state index in [0.717, 1.165) is 0 Å². The van der Waals surface area contributed by atoms with Crippen LogP contribution >= 0.6 is 11.8 Å². The largest absolute Gasteiger partial charge is 0.396 e. The molecule has 0 saturated carbocycles. The molecular formula is C10H11N3O2S. The molecule has 5 nitrogen and oxygen atoms in total. The maximum atomic E-state index is 11.4. The number of hydrogen-bond donors (Lipinski definition) is 2. The number of hydrogen-bond acceptors (Lipinski definition) is 5. The van der Waals surface area contributed by atoms with E-state index in [1.54, 1.807) is 18.3 Å². The average molecular weight is 237 g/mol. The topological polar surface area (TPSA) is 74.6 Å². The Hall–Kier alpha value is -1.40. The Balaban J connectivity index is 2.08. The van der Waals surface area contributed by atoms with Crippen LogP contribution in [0.15, 0.2) is 29.4 Å². The highest BCUT2D eigenvalue weighted by Crippen LogP contribution is 2.23. The van der Waals surface area contributed by atoms with Crippen molar-refractivity contribution in [3.8, 4) is 0 Å². The van der Waals surface area contributed by atoms with Gasteiger partial charge in [0.15, 0.2) is 11.0 Å². The van der Waals surface area contributed by atoms with Crippen LogP contribution in [-0.4, -0.2) is 33.0 Å². The Morgan fingerprint density at radius 3 is 3.12 bits per heavy atom. The number of aliphatic hydroxyl groups is 1. The first kappa shape index (κ1) is 11.1. The van der Waals surface area contributed by atoms with Crippen LogP contribution in [0.3, 0.4) is 0 Å². The molecule has 1 aliphatic rings. The number of amidine groups is 1. The third-order valence-corrected chi connectivity index (χ3v) is 3.18. The van der Waals surface area contributed by atoms with E-state index in [-0.39, 0.29) is 17.8 Å². The molecule has 1 aliphatic heterocycles. The number of aliphatic hydroxyl groups excluding tert-OH is 1. The van der Waals surface area contributed by atoms with Crippen LogP contribution in [0.2, 0.25) is 0 Å². The monoisotopic (exact) mass is 237 g/mol. The van der Waals surface area contributed by atoms with Gasteiger partial charge in [-0.2, -0.15) is 0 Å². The highest BCUT2D eigenvalue weighted by atomic mass is 32.2. The van der Waals surface area contributed by atoms with Crippen molar-refractivity contribution in [2.75, 3.05) is 6.61 Å². The zero-order valence-electron chi connectivity index (χ0n) is 8.46. The van der Waals surface area contributed by atoms with Crippen LogP contribution in [-0.2, 0) is 4.79 Å². The zero-order chi connectivity index (χ0) is 11.4. The second kappa shape index (κ2) is 5.09. The van der Waals surface area contributed by atoms with Crippen molar-refractivity contribution in [1.29, 1.82) is 0 Å². The molecule has 1 unspecified atom stereocenters. The summed E-state index contributed by atoms with van der Waals surface area (Å²) >= 11 is 1.33. The summed E-state index contributed by atoms with van der Waals surface area (Å²) in [5.74, 6) is 0.462. The fraction of sp³-hybridized carbons (Fsp3) is 0.300. The molecule has 1 saturated heterocycles. The first-order valence-corrected chi connectivity index (χ1v) is 5.75. The quantitative estimate of drug-likeness (QED) is 0.810. The summed E-state index contributed by atoms with van der Waals surface area (Å²) in [5, 5.41) is 11.7. The summed E-state index contributed by atoms with van der Waals surface area (Å²) in [6.45, 7) is 0.00194. The highest BCUT2D eigenvalue weighted by molar-refractivity contribution is 8.15. The summed E-state index contributed by atoms with van der Waals surface area (Å²) < 4.78 is 0. The fourth-order valence-corrected chi connectivity index (χ4v) is 2.25. The third kappa shape index (κ3) is 2.59. The Labute approximate surface area is 97.0 Å². The molecule has 16 heavy (non-hydrogen) atoms. The molecule has 2 heterocycles. The van der Waals surface area contributed by atoms with E-state index >= 15 is 0 Å². The van der Waals surface area contributed by atoms with Crippen molar-refractivity contribution in [3.63, 3.8) is 0 Å². The van der Waals surface area contributed by atoms with E-state index in [2.05, 4.69) is 15.3 Å². The van der Waals surface area contributed by atoms with Crippen LogP contribution in [0.4, 0.5) is 5.82 Å². The van der Waals surface area contributed by atoms with E-state index in [4.69, 9.17) is 5.11 Å². The van der Waals surface area contributed by atoms with Gasteiger partial charge in [-0.15, -0.1) is 0 Å². The molecule has 1 fully saturated rings. The number of carbonyl (C=O) groups is 1. The van der Waals surface area contributed by atoms with Gasteiger partial charge in [0, 0.05) is 12.8 Å². The van der Waals surface area contributed by atoms with Gasteiger partial charge in [0.2, 0.25) is 5.91 Å². The first-order chi connectivity index (χ1) is 7.79. The maximum absolute atomic E-state index is 11.4. The molecule has 2 rings (SSSR count). The second-order valence-corrected chi connectivity index (χ2v) is 4.40. The number of amides is 1. The van der Waals surface area contributed by atoms with Gasteiger partial charge in [-0.1, -0.05) is 17.8 Å². The minimum Gasteiger partial charge on any atom is -0.396 e. The van der Waals surface area contributed by atoms with Crippen molar-refractivity contribution in [2.45, 2.75) is 11.7 Å². The molecule has 1 amide bonds. The van der Waals surface area contributed by atoms with Gasteiger partial charge in [-0.3, -0.25) is 4.79 Å². The highest BCUT2D eigenvalue weighted by Gasteiger charge is 2.29. The van der Waals surface area contributed by atoms with Gasteiger partial charge in [0.05, 0.1) is 5.25 Å². The summed E-state index contributed by atoms with van der Waals surface area (Å²) in [7, 11) is 0. The molecule has 2 N–H and O–H groups in total. The minimum atomic E-state index is -0.243. The number of rotatable bonds is 3. The van der Waals surface area contributed by atoms with Crippen LogP contribution in [0.1, 0.15) is 6.42 Å². The van der Waals surface area contributed by atoms with Crippen molar-refractivity contribution in [2.24, 2.45) is 4.99 Å². The fourth-order valence-electron chi connectivity index (χ4n) is 1.29. The Morgan fingerprint density at radius 2 is 2.44 bits per heavy atom. The number of thioether (sulfide) groups is 1. The Kier molecular flexibility index (Phi) is 3.53. The van der Waals surface area contributed by atoms with Crippen LogP contribution in [0, 0.1) is 0 Å². The van der Waals surface area contributed by atoms with E-state index in [0.29, 0.717) is 17.4 Å². The summed E-state index contributed by atoms with van der Waals surface area (Å²) in [4.78, 5) is 19.7. The van der Waals surface area contributed by atoms with E-state index in [1.165, 1.54) is 11.8 Å². The van der Waals surface area contributed by atoms with Crippen molar-refractivity contribution < 1.29 is 9.90 Å².